The first-order valence-electron chi connectivity index (χ1n) is 5.25. The van der Waals surface area contributed by atoms with E-state index in [0.29, 0.717) is 11.6 Å². The zero-order valence-electron chi connectivity index (χ0n) is 9.08. The SMILES string of the molecule is Cc1ncnc(C(=O)NCC2CC2)c1C. The van der Waals surface area contributed by atoms with Gasteiger partial charge in [-0.25, -0.2) is 9.97 Å². The molecule has 0 aromatic carbocycles. The lowest BCUT2D eigenvalue weighted by Crippen LogP contribution is -2.27. The van der Waals surface area contributed by atoms with Gasteiger partial charge < -0.3 is 5.32 Å². The van der Waals surface area contributed by atoms with E-state index in [4.69, 9.17) is 0 Å². The summed E-state index contributed by atoms with van der Waals surface area (Å²) in [6, 6.07) is 0. The van der Waals surface area contributed by atoms with E-state index in [0.717, 1.165) is 17.8 Å². The standard InChI is InChI=1S/C11H15N3O/c1-7-8(2)13-6-14-10(7)11(15)12-5-9-3-4-9/h6,9H,3-5H2,1-2H3,(H,12,15). The fourth-order valence-electron chi connectivity index (χ4n) is 1.41. The van der Waals surface area contributed by atoms with Crippen molar-refractivity contribution in [1.82, 2.24) is 15.3 Å². The van der Waals surface area contributed by atoms with Crippen molar-refractivity contribution in [3.8, 4) is 0 Å². The Bertz CT molecular complexity index is 385. The van der Waals surface area contributed by atoms with Gasteiger partial charge in [-0.05, 0) is 32.6 Å². The molecule has 2 rings (SSSR count). The number of hydrogen-bond acceptors (Lipinski definition) is 3. The van der Waals surface area contributed by atoms with Crippen LogP contribution in [0.5, 0.6) is 0 Å². The summed E-state index contributed by atoms with van der Waals surface area (Å²) < 4.78 is 0. The highest BCUT2D eigenvalue weighted by molar-refractivity contribution is 5.93. The van der Waals surface area contributed by atoms with E-state index >= 15 is 0 Å². The molecule has 0 spiro atoms. The van der Waals surface area contributed by atoms with Crippen molar-refractivity contribution < 1.29 is 4.79 Å². The smallest absolute Gasteiger partial charge is 0.270 e. The Kier molecular flexibility index (Phi) is 2.66. The predicted molar refractivity (Wildman–Crippen MR) is 56.6 cm³/mol. The molecule has 1 heterocycles. The van der Waals surface area contributed by atoms with Gasteiger partial charge in [0.2, 0.25) is 0 Å². The van der Waals surface area contributed by atoms with Gasteiger partial charge in [0.1, 0.15) is 12.0 Å². The lowest BCUT2D eigenvalue weighted by Gasteiger charge is -2.06. The average molecular weight is 205 g/mol. The Labute approximate surface area is 89.1 Å². The van der Waals surface area contributed by atoms with E-state index in [2.05, 4.69) is 15.3 Å². The molecule has 1 aliphatic rings. The average Bonchev–Trinajstić information content (AvgIpc) is 3.02. The number of nitrogens with zero attached hydrogens (tertiary/aromatic N) is 2. The highest BCUT2D eigenvalue weighted by Gasteiger charge is 2.22. The summed E-state index contributed by atoms with van der Waals surface area (Å²) in [4.78, 5) is 19.8. The largest absolute Gasteiger partial charge is 0.350 e. The minimum atomic E-state index is -0.0788. The Morgan fingerprint density at radius 2 is 2.20 bits per heavy atom. The van der Waals surface area contributed by atoms with Gasteiger partial charge in [-0.15, -0.1) is 0 Å². The van der Waals surface area contributed by atoms with Gasteiger partial charge in [-0.1, -0.05) is 0 Å². The number of rotatable bonds is 3. The summed E-state index contributed by atoms with van der Waals surface area (Å²) in [6.45, 7) is 4.54. The third kappa shape index (κ3) is 2.32. The van der Waals surface area contributed by atoms with Gasteiger partial charge >= 0.3 is 0 Å². The van der Waals surface area contributed by atoms with Crippen molar-refractivity contribution in [3.63, 3.8) is 0 Å². The summed E-state index contributed by atoms with van der Waals surface area (Å²) in [5.74, 6) is 0.613. The van der Waals surface area contributed by atoms with Crippen molar-refractivity contribution in [3.05, 3.63) is 23.3 Å². The zero-order chi connectivity index (χ0) is 10.8. The molecule has 0 bridgehead atoms. The Hall–Kier alpha value is -1.45. The molecule has 1 aromatic rings. The fraction of sp³-hybridized carbons (Fsp3) is 0.545. The van der Waals surface area contributed by atoms with Gasteiger partial charge in [-0.2, -0.15) is 0 Å². The molecule has 1 aliphatic carbocycles. The van der Waals surface area contributed by atoms with Gasteiger partial charge in [0, 0.05) is 17.8 Å². The van der Waals surface area contributed by atoms with Crippen LogP contribution >= 0.6 is 0 Å². The number of nitrogens with one attached hydrogen (secondary N) is 1. The number of carbonyl (C=O) groups excluding carboxylic acids is 1. The summed E-state index contributed by atoms with van der Waals surface area (Å²) in [7, 11) is 0. The topological polar surface area (TPSA) is 54.9 Å². The van der Waals surface area contributed by atoms with Crippen molar-refractivity contribution in [1.29, 1.82) is 0 Å². The lowest BCUT2D eigenvalue weighted by molar-refractivity contribution is 0.0946. The molecule has 1 amide bonds. The van der Waals surface area contributed by atoms with Crippen molar-refractivity contribution in [2.45, 2.75) is 26.7 Å². The van der Waals surface area contributed by atoms with Gasteiger partial charge in [-0.3, -0.25) is 4.79 Å². The second-order valence-electron chi connectivity index (χ2n) is 4.09. The molecule has 4 heteroatoms. The molecule has 0 aliphatic heterocycles. The van der Waals surface area contributed by atoms with E-state index < -0.39 is 0 Å². The molecule has 1 aromatic heterocycles. The third-order valence-electron chi connectivity index (χ3n) is 2.80. The highest BCUT2D eigenvalue weighted by atomic mass is 16.1. The van der Waals surface area contributed by atoms with Crippen LogP contribution in [0.25, 0.3) is 0 Å². The normalized spacial score (nSPS) is 15.1. The number of aromatic nitrogens is 2. The minimum Gasteiger partial charge on any atom is -0.350 e. The second kappa shape index (κ2) is 3.96. The molecule has 15 heavy (non-hydrogen) atoms. The highest BCUT2D eigenvalue weighted by Crippen LogP contribution is 2.27. The van der Waals surface area contributed by atoms with Gasteiger partial charge in [0.25, 0.3) is 5.91 Å². The molecule has 1 saturated carbocycles. The first-order valence-corrected chi connectivity index (χ1v) is 5.25. The molecule has 1 fully saturated rings. The Morgan fingerprint density at radius 1 is 1.47 bits per heavy atom. The van der Waals surface area contributed by atoms with Crippen molar-refractivity contribution >= 4 is 5.91 Å². The van der Waals surface area contributed by atoms with Crippen LogP contribution in [0.1, 0.15) is 34.6 Å². The molecular formula is C11H15N3O. The minimum absolute atomic E-state index is 0.0788. The van der Waals surface area contributed by atoms with Crippen LogP contribution in [-0.2, 0) is 0 Å². The van der Waals surface area contributed by atoms with Crippen LogP contribution in [0.3, 0.4) is 0 Å². The van der Waals surface area contributed by atoms with E-state index in [9.17, 15) is 4.79 Å². The Balaban J connectivity index is 2.06. The van der Waals surface area contributed by atoms with E-state index in [1.807, 2.05) is 13.8 Å². The molecule has 1 N–H and O–H groups in total. The second-order valence-corrected chi connectivity index (χ2v) is 4.09. The van der Waals surface area contributed by atoms with E-state index in [1.165, 1.54) is 19.2 Å². The molecule has 4 nitrogen and oxygen atoms in total. The number of aryl methyl sites for hydroxylation is 1. The summed E-state index contributed by atoms with van der Waals surface area (Å²) >= 11 is 0. The first-order chi connectivity index (χ1) is 7.18. The van der Waals surface area contributed by atoms with Crippen LogP contribution in [0.15, 0.2) is 6.33 Å². The van der Waals surface area contributed by atoms with Gasteiger partial charge in [0.15, 0.2) is 0 Å². The molecule has 0 saturated heterocycles. The molecule has 0 unspecified atom stereocenters. The lowest BCUT2D eigenvalue weighted by atomic mass is 10.2. The van der Waals surface area contributed by atoms with Crippen molar-refractivity contribution in [2.75, 3.05) is 6.54 Å². The summed E-state index contributed by atoms with van der Waals surface area (Å²) in [5, 5.41) is 2.90. The quantitative estimate of drug-likeness (QED) is 0.807. The third-order valence-corrected chi connectivity index (χ3v) is 2.80. The molecule has 0 atom stereocenters. The van der Waals surface area contributed by atoms with Crippen LogP contribution < -0.4 is 5.32 Å². The van der Waals surface area contributed by atoms with Gasteiger partial charge in [0.05, 0.1) is 0 Å². The number of amides is 1. The Morgan fingerprint density at radius 3 is 2.87 bits per heavy atom. The summed E-state index contributed by atoms with van der Waals surface area (Å²) in [6.07, 6.45) is 3.92. The van der Waals surface area contributed by atoms with Crippen LogP contribution in [-0.4, -0.2) is 22.4 Å². The maximum Gasteiger partial charge on any atom is 0.270 e. The summed E-state index contributed by atoms with van der Waals surface area (Å²) in [5.41, 5.74) is 2.23. The maximum atomic E-state index is 11.7. The number of hydrogen-bond donors (Lipinski definition) is 1. The maximum absolute atomic E-state index is 11.7. The fourth-order valence-corrected chi connectivity index (χ4v) is 1.41. The van der Waals surface area contributed by atoms with Crippen LogP contribution in [0.4, 0.5) is 0 Å². The van der Waals surface area contributed by atoms with E-state index in [-0.39, 0.29) is 5.91 Å². The number of carbonyl (C=O) groups is 1. The zero-order valence-corrected chi connectivity index (χ0v) is 9.08. The van der Waals surface area contributed by atoms with Crippen LogP contribution in [0, 0.1) is 19.8 Å². The molecular weight excluding hydrogens is 190 g/mol. The first kappa shape index (κ1) is 10.1. The van der Waals surface area contributed by atoms with Crippen molar-refractivity contribution in [2.24, 2.45) is 5.92 Å². The monoisotopic (exact) mass is 205 g/mol. The molecule has 80 valence electrons. The van der Waals surface area contributed by atoms with E-state index in [1.54, 1.807) is 0 Å². The van der Waals surface area contributed by atoms with Crippen LogP contribution in [0.2, 0.25) is 0 Å². The predicted octanol–water partition coefficient (Wildman–Crippen LogP) is 1.23. The molecule has 0 radical (unpaired) electrons.